The number of rotatable bonds is 4. The van der Waals surface area contributed by atoms with Gasteiger partial charge < -0.3 is 15.7 Å². The fraction of sp³-hybridized carbons (Fsp3) is 0.0833. The normalized spacial score (nSPS) is 12.0. The summed E-state index contributed by atoms with van der Waals surface area (Å²) in [5, 5.41) is 0.567. The van der Waals surface area contributed by atoms with Gasteiger partial charge in [0.15, 0.2) is 0 Å². The lowest BCUT2D eigenvalue weighted by atomic mass is 10.2. The lowest BCUT2D eigenvalue weighted by Gasteiger charge is -2.04. The minimum atomic E-state index is -3.63. The van der Waals surface area contributed by atoms with Crippen LogP contribution in [0.1, 0.15) is 5.82 Å². The molecule has 5 N–H and O–H groups in total. The molecule has 0 amide bonds. The zero-order chi connectivity index (χ0) is 14.2. The summed E-state index contributed by atoms with van der Waals surface area (Å²) in [4.78, 5) is 9.89. The first-order chi connectivity index (χ1) is 9.56. The number of imidazole rings is 1. The van der Waals surface area contributed by atoms with E-state index in [1.54, 1.807) is 30.6 Å². The lowest BCUT2D eigenvalue weighted by molar-refractivity contribution is 0.580. The number of anilines is 1. The van der Waals surface area contributed by atoms with E-state index in [0.717, 1.165) is 5.52 Å². The van der Waals surface area contributed by atoms with Gasteiger partial charge in [0.05, 0.1) is 6.54 Å². The summed E-state index contributed by atoms with van der Waals surface area (Å²) in [6.07, 6.45) is 4.65. The van der Waals surface area contributed by atoms with Crippen molar-refractivity contribution in [3.63, 3.8) is 0 Å². The van der Waals surface area contributed by atoms with Crippen LogP contribution >= 0.6 is 0 Å². The van der Waals surface area contributed by atoms with E-state index in [1.807, 2.05) is 0 Å². The molecular weight excluding hydrogens is 278 g/mol. The van der Waals surface area contributed by atoms with Crippen LogP contribution in [0.25, 0.3) is 10.9 Å². The molecule has 1 aromatic carbocycles. The van der Waals surface area contributed by atoms with Crippen LogP contribution in [0, 0.1) is 0 Å². The molecule has 0 saturated heterocycles. The Hall–Kier alpha value is -2.32. The summed E-state index contributed by atoms with van der Waals surface area (Å²) in [5.41, 5.74) is 6.94. The molecule has 7 nitrogen and oxygen atoms in total. The van der Waals surface area contributed by atoms with Crippen molar-refractivity contribution in [3.05, 3.63) is 42.6 Å². The minimum absolute atomic E-state index is 0.102. The molecule has 0 atom stereocenters. The monoisotopic (exact) mass is 291 g/mol. The molecule has 0 unspecified atom stereocenters. The summed E-state index contributed by atoms with van der Waals surface area (Å²) >= 11 is 0. The molecule has 3 rings (SSSR count). The number of hydrogen-bond donors (Lipinski definition) is 4. The van der Waals surface area contributed by atoms with E-state index in [1.165, 1.54) is 6.20 Å². The van der Waals surface area contributed by atoms with Gasteiger partial charge in [-0.3, -0.25) is 0 Å². The van der Waals surface area contributed by atoms with Crippen molar-refractivity contribution in [2.75, 3.05) is 5.73 Å². The largest absolute Gasteiger partial charge is 0.399 e. The van der Waals surface area contributed by atoms with Gasteiger partial charge in [-0.2, -0.15) is 0 Å². The highest BCUT2D eigenvalue weighted by Crippen LogP contribution is 2.24. The van der Waals surface area contributed by atoms with E-state index in [2.05, 4.69) is 19.7 Å². The molecule has 0 aliphatic rings. The van der Waals surface area contributed by atoms with Crippen LogP contribution in [0.4, 0.5) is 5.69 Å². The number of fused-ring (bicyclic) bond motifs is 1. The third kappa shape index (κ3) is 2.26. The Bertz CT molecular complexity index is 836. The van der Waals surface area contributed by atoms with Crippen LogP contribution in [-0.4, -0.2) is 23.4 Å². The molecule has 20 heavy (non-hydrogen) atoms. The predicted octanol–water partition coefficient (Wildman–Crippen LogP) is 0.952. The van der Waals surface area contributed by atoms with E-state index in [-0.39, 0.29) is 11.4 Å². The molecule has 104 valence electrons. The van der Waals surface area contributed by atoms with Gasteiger partial charge in [-0.25, -0.2) is 18.1 Å². The van der Waals surface area contributed by atoms with Crippen molar-refractivity contribution in [1.29, 1.82) is 0 Å². The Balaban J connectivity index is 1.94. The first-order valence-corrected chi connectivity index (χ1v) is 7.39. The molecule has 0 aliphatic carbocycles. The highest BCUT2D eigenvalue weighted by atomic mass is 32.2. The van der Waals surface area contributed by atoms with Crippen molar-refractivity contribution < 1.29 is 8.42 Å². The Morgan fingerprint density at radius 1 is 1.30 bits per heavy atom. The average Bonchev–Trinajstić information content (AvgIpc) is 3.05. The van der Waals surface area contributed by atoms with Crippen molar-refractivity contribution in [3.8, 4) is 0 Å². The van der Waals surface area contributed by atoms with Crippen LogP contribution in [0.2, 0.25) is 0 Å². The maximum absolute atomic E-state index is 12.3. The Labute approximate surface area is 115 Å². The van der Waals surface area contributed by atoms with Crippen LogP contribution in [-0.2, 0) is 16.6 Å². The van der Waals surface area contributed by atoms with Crippen LogP contribution < -0.4 is 10.5 Å². The van der Waals surface area contributed by atoms with Gasteiger partial charge in [0, 0.05) is 35.2 Å². The van der Waals surface area contributed by atoms with E-state index in [4.69, 9.17) is 5.73 Å². The molecule has 2 aromatic heterocycles. The third-order valence-corrected chi connectivity index (χ3v) is 4.38. The zero-order valence-corrected chi connectivity index (χ0v) is 11.2. The first kappa shape index (κ1) is 12.7. The highest BCUT2D eigenvalue weighted by molar-refractivity contribution is 7.89. The maximum Gasteiger partial charge on any atom is 0.243 e. The quantitative estimate of drug-likeness (QED) is 0.535. The molecule has 8 heteroatoms. The highest BCUT2D eigenvalue weighted by Gasteiger charge is 2.19. The fourth-order valence-electron chi connectivity index (χ4n) is 1.97. The van der Waals surface area contributed by atoms with Crippen LogP contribution in [0.15, 0.2) is 41.7 Å². The topological polar surface area (TPSA) is 117 Å². The number of nitrogens with one attached hydrogen (secondary N) is 3. The number of nitrogens with zero attached hydrogens (tertiary/aromatic N) is 1. The maximum atomic E-state index is 12.3. The van der Waals surface area contributed by atoms with Crippen molar-refractivity contribution in [2.45, 2.75) is 11.4 Å². The van der Waals surface area contributed by atoms with Gasteiger partial charge in [0.2, 0.25) is 10.0 Å². The summed E-state index contributed by atoms with van der Waals surface area (Å²) in [6, 6.07) is 5.09. The van der Waals surface area contributed by atoms with Crippen molar-refractivity contribution in [2.24, 2.45) is 0 Å². The number of benzene rings is 1. The van der Waals surface area contributed by atoms with Crippen LogP contribution in [0.5, 0.6) is 0 Å². The van der Waals surface area contributed by atoms with Crippen molar-refractivity contribution in [1.82, 2.24) is 19.7 Å². The average molecular weight is 291 g/mol. The molecule has 3 aromatic rings. The molecule has 0 saturated carbocycles. The van der Waals surface area contributed by atoms with Gasteiger partial charge in [-0.1, -0.05) is 0 Å². The fourth-order valence-corrected chi connectivity index (χ4v) is 3.13. The van der Waals surface area contributed by atoms with Gasteiger partial charge in [-0.05, 0) is 18.2 Å². The Morgan fingerprint density at radius 3 is 2.90 bits per heavy atom. The van der Waals surface area contributed by atoms with Gasteiger partial charge in [0.25, 0.3) is 0 Å². The molecular formula is C12H13N5O2S. The van der Waals surface area contributed by atoms with E-state index >= 15 is 0 Å². The number of hydrogen-bond acceptors (Lipinski definition) is 4. The number of H-pyrrole nitrogens is 2. The second-order valence-corrected chi connectivity index (χ2v) is 6.05. The summed E-state index contributed by atoms with van der Waals surface area (Å²) in [5.74, 6) is 0.549. The number of aromatic nitrogens is 3. The zero-order valence-electron chi connectivity index (χ0n) is 10.4. The number of aromatic amines is 2. The minimum Gasteiger partial charge on any atom is -0.399 e. The molecule has 0 radical (unpaired) electrons. The number of sulfonamides is 1. The van der Waals surface area contributed by atoms with Gasteiger partial charge >= 0.3 is 0 Å². The second-order valence-electron chi connectivity index (χ2n) is 4.32. The summed E-state index contributed by atoms with van der Waals surface area (Å²) < 4.78 is 27.1. The lowest BCUT2D eigenvalue weighted by Crippen LogP contribution is -2.23. The van der Waals surface area contributed by atoms with E-state index in [0.29, 0.717) is 16.9 Å². The third-order valence-electron chi connectivity index (χ3n) is 2.94. The predicted molar refractivity (Wildman–Crippen MR) is 75.3 cm³/mol. The summed E-state index contributed by atoms with van der Waals surface area (Å²) in [7, 11) is -3.63. The first-order valence-electron chi connectivity index (χ1n) is 5.91. The van der Waals surface area contributed by atoms with Crippen LogP contribution in [0.3, 0.4) is 0 Å². The number of nitrogen functional groups attached to an aromatic ring is 1. The van der Waals surface area contributed by atoms with Gasteiger partial charge in [-0.15, -0.1) is 0 Å². The number of nitrogens with two attached hydrogens (primary N) is 1. The SMILES string of the molecule is Nc1ccc2[nH]cc(S(=O)(=O)NCc3ncc[nH]3)c2c1. The molecule has 2 heterocycles. The molecule has 0 spiro atoms. The van der Waals surface area contributed by atoms with Crippen molar-refractivity contribution >= 4 is 26.6 Å². The second kappa shape index (κ2) is 4.66. The van der Waals surface area contributed by atoms with E-state index in [9.17, 15) is 8.42 Å². The molecule has 0 aliphatic heterocycles. The molecule has 0 bridgehead atoms. The smallest absolute Gasteiger partial charge is 0.243 e. The standard InChI is InChI=1S/C12H13N5O2S/c13-8-1-2-10-9(5-8)11(6-16-10)20(18,19)17-7-12-14-3-4-15-12/h1-6,16-17H,7,13H2,(H,14,15). The van der Waals surface area contributed by atoms with E-state index < -0.39 is 10.0 Å². The Kier molecular flexibility index (Phi) is 2.96. The molecule has 0 fully saturated rings. The Morgan fingerprint density at radius 2 is 2.15 bits per heavy atom. The van der Waals surface area contributed by atoms with Gasteiger partial charge in [0.1, 0.15) is 10.7 Å². The summed E-state index contributed by atoms with van der Waals surface area (Å²) in [6.45, 7) is 0.102.